The summed E-state index contributed by atoms with van der Waals surface area (Å²) in [7, 11) is -2.89. The Balaban J connectivity index is 1.83. The van der Waals surface area contributed by atoms with E-state index < -0.39 is 40.2 Å². The van der Waals surface area contributed by atoms with Gasteiger partial charge in [0.15, 0.2) is 0 Å². The fourth-order valence-electron chi connectivity index (χ4n) is 4.91. The normalized spacial score (nSPS) is 11.8. The molecule has 0 fully saturated rings. The Kier molecular flexibility index (Phi) is 11.8. The highest BCUT2D eigenvalue weighted by Gasteiger charge is 2.35. The maximum Gasteiger partial charge on any atom is 0.264 e. The minimum atomic E-state index is -4.32. The first kappa shape index (κ1) is 34.5. The molecule has 1 atom stereocenters. The maximum absolute atomic E-state index is 15.0. The second kappa shape index (κ2) is 15.7. The summed E-state index contributed by atoms with van der Waals surface area (Å²) in [6.45, 7) is 3.13. The summed E-state index contributed by atoms with van der Waals surface area (Å²) in [5.74, 6) is -1.38. The van der Waals surface area contributed by atoms with Crippen molar-refractivity contribution in [2.45, 2.75) is 44.2 Å². The van der Waals surface area contributed by atoms with Crippen LogP contribution in [0.1, 0.15) is 30.0 Å². The van der Waals surface area contributed by atoms with Crippen molar-refractivity contribution in [1.82, 2.24) is 10.2 Å². The van der Waals surface area contributed by atoms with Gasteiger partial charge in [0.1, 0.15) is 24.2 Å². The van der Waals surface area contributed by atoms with Crippen LogP contribution in [0, 0.1) is 12.7 Å². The van der Waals surface area contributed by atoms with E-state index >= 15 is 4.39 Å². The first-order valence-corrected chi connectivity index (χ1v) is 16.6. The van der Waals surface area contributed by atoms with Gasteiger partial charge in [0.25, 0.3) is 10.0 Å². The van der Waals surface area contributed by atoms with Crippen LogP contribution < -0.4 is 14.4 Å². The van der Waals surface area contributed by atoms with Crippen molar-refractivity contribution < 1.29 is 27.1 Å². The highest BCUT2D eigenvalue weighted by molar-refractivity contribution is 7.92. The third-order valence-corrected chi connectivity index (χ3v) is 9.51. The summed E-state index contributed by atoms with van der Waals surface area (Å²) in [5, 5.41) is 3.00. The van der Waals surface area contributed by atoms with E-state index in [1.165, 1.54) is 60.5 Å². The number of carbonyl (C=O) groups excluding carboxylic acids is 2. The molecule has 4 aromatic carbocycles. The van der Waals surface area contributed by atoms with Crippen LogP contribution in [0.4, 0.5) is 10.1 Å². The fraction of sp³-hybridized carbons (Fsp3) is 0.257. The number of hydrogen-bond acceptors (Lipinski definition) is 5. The highest BCUT2D eigenvalue weighted by atomic mass is 35.5. The topological polar surface area (TPSA) is 96.0 Å². The summed E-state index contributed by atoms with van der Waals surface area (Å²) < 4.78 is 49.5. The van der Waals surface area contributed by atoms with E-state index in [2.05, 4.69) is 5.32 Å². The molecule has 0 bridgehead atoms. The highest BCUT2D eigenvalue weighted by Crippen LogP contribution is 2.32. The number of methoxy groups -OCH3 is 1. The molecule has 8 nitrogen and oxygen atoms in total. The van der Waals surface area contributed by atoms with Crippen LogP contribution in [0.3, 0.4) is 0 Å². The van der Waals surface area contributed by atoms with Gasteiger partial charge in [0.05, 0.1) is 22.7 Å². The largest absolute Gasteiger partial charge is 0.495 e. The van der Waals surface area contributed by atoms with Crippen LogP contribution in [0.2, 0.25) is 5.02 Å². The van der Waals surface area contributed by atoms with Gasteiger partial charge >= 0.3 is 0 Å². The van der Waals surface area contributed by atoms with Crippen molar-refractivity contribution in [3.05, 3.63) is 125 Å². The van der Waals surface area contributed by atoms with Crippen LogP contribution in [0.5, 0.6) is 5.75 Å². The molecule has 0 aromatic heterocycles. The molecule has 242 valence electrons. The molecule has 1 N–H and O–H groups in total. The third-order valence-electron chi connectivity index (χ3n) is 7.43. The summed E-state index contributed by atoms with van der Waals surface area (Å²) in [5.41, 5.74) is 1.92. The van der Waals surface area contributed by atoms with Crippen LogP contribution in [-0.2, 0) is 32.6 Å². The summed E-state index contributed by atoms with van der Waals surface area (Å²) in [6.07, 6.45) is 0.779. The smallest absolute Gasteiger partial charge is 0.264 e. The van der Waals surface area contributed by atoms with E-state index in [0.29, 0.717) is 18.7 Å². The second-order valence-corrected chi connectivity index (χ2v) is 13.0. The molecule has 1 unspecified atom stereocenters. The minimum Gasteiger partial charge on any atom is -0.495 e. The number of nitrogens with zero attached hydrogens (tertiary/aromatic N) is 2. The molecule has 0 saturated carbocycles. The van der Waals surface area contributed by atoms with Crippen LogP contribution in [0.25, 0.3) is 0 Å². The number of rotatable bonds is 14. The maximum atomic E-state index is 15.0. The number of benzene rings is 4. The zero-order chi connectivity index (χ0) is 33.3. The number of carbonyl (C=O) groups is 2. The molecular weight excluding hydrogens is 629 g/mol. The third kappa shape index (κ3) is 8.44. The van der Waals surface area contributed by atoms with Gasteiger partial charge in [-0.2, -0.15) is 0 Å². The van der Waals surface area contributed by atoms with Gasteiger partial charge in [0.2, 0.25) is 11.8 Å². The number of nitrogens with one attached hydrogen (secondary N) is 1. The first-order valence-electron chi connectivity index (χ1n) is 14.8. The SMILES string of the molecule is CCCNC(=O)C(Cc1ccccc1)N(Cc1ccccc1F)C(=O)CN(c1ccc(OC)c(Cl)c1)S(=O)(=O)c1ccc(C)cc1. The number of amides is 2. The molecule has 0 radical (unpaired) electrons. The molecule has 4 rings (SSSR count). The van der Waals surface area contributed by atoms with E-state index in [1.807, 2.05) is 44.2 Å². The lowest BCUT2D eigenvalue weighted by Gasteiger charge is -2.34. The lowest BCUT2D eigenvalue weighted by atomic mass is 10.0. The molecule has 2 amide bonds. The Hall–Kier alpha value is -4.41. The monoisotopic (exact) mass is 665 g/mol. The Labute approximate surface area is 274 Å². The van der Waals surface area contributed by atoms with Gasteiger partial charge in [-0.25, -0.2) is 12.8 Å². The summed E-state index contributed by atoms with van der Waals surface area (Å²) in [6, 6.07) is 24.7. The van der Waals surface area contributed by atoms with Crippen molar-refractivity contribution in [2.75, 3.05) is 24.5 Å². The molecule has 0 aliphatic carbocycles. The molecule has 11 heteroatoms. The Morgan fingerprint density at radius 1 is 0.957 bits per heavy atom. The van der Waals surface area contributed by atoms with Gasteiger partial charge < -0.3 is 15.0 Å². The first-order chi connectivity index (χ1) is 22.0. The quantitative estimate of drug-likeness (QED) is 0.174. The average molecular weight is 666 g/mol. The average Bonchev–Trinajstić information content (AvgIpc) is 3.05. The van der Waals surface area contributed by atoms with E-state index in [-0.39, 0.29) is 34.1 Å². The zero-order valence-electron chi connectivity index (χ0n) is 26.0. The van der Waals surface area contributed by atoms with Crippen molar-refractivity contribution in [3.63, 3.8) is 0 Å². The predicted octanol–water partition coefficient (Wildman–Crippen LogP) is 6.16. The molecule has 0 heterocycles. The predicted molar refractivity (Wildman–Crippen MR) is 178 cm³/mol. The standard InChI is InChI=1S/C35H37ClFN3O5S/c1-4-20-38-35(42)32(21-26-10-6-5-7-11-26)39(23-27-12-8-9-13-31(27)37)34(41)24-40(28-16-19-33(45-3)30(36)22-28)46(43,44)29-17-14-25(2)15-18-29/h5-19,22,32H,4,20-21,23-24H2,1-3H3,(H,38,42). The number of hydrogen-bond donors (Lipinski definition) is 1. The van der Waals surface area contributed by atoms with Gasteiger partial charge in [-0.05, 0) is 55.3 Å². The number of aryl methyl sites for hydroxylation is 1. The van der Waals surface area contributed by atoms with Crippen LogP contribution >= 0.6 is 11.6 Å². The number of sulfonamides is 1. The second-order valence-electron chi connectivity index (χ2n) is 10.8. The van der Waals surface area contributed by atoms with Crippen molar-refractivity contribution in [1.29, 1.82) is 0 Å². The molecule has 0 spiro atoms. The Morgan fingerprint density at radius 2 is 1.63 bits per heavy atom. The van der Waals surface area contributed by atoms with E-state index in [0.717, 1.165) is 15.4 Å². The van der Waals surface area contributed by atoms with Crippen molar-refractivity contribution in [3.8, 4) is 5.75 Å². The van der Waals surface area contributed by atoms with Crippen molar-refractivity contribution >= 4 is 39.1 Å². The summed E-state index contributed by atoms with van der Waals surface area (Å²) >= 11 is 6.41. The van der Waals surface area contributed by atoms with E-state index in [4.69, 9.17) is 16.3 Å². The summed E-state index contributed by atoms with van der Waals surface area (Å²) in [4.78, 5) is 29.3. The molecule has 46 heavy (non-hydrogen) atoms. The lowest BCUT2D eigenvalue weighted by molar-refractivity contribution is -0.140. The van der Waals surface area contributed by atoms with Crippen LogP contribution in [-0.4, -0.2) is 51.4 Å². The molecule has 0 aliphatic heterocycles. The van der Waals surface area contributed by atoms with E-state index in [9.17, 15) is 18.0 Å². The number of halogens is 2. The fourth-order valence-corrected chi connectivity index (χ4v) is 6.56. The zero-order valence-corrected chi connectivity index (χ0v) is 27.5. The van der Waals surface area contributed by atoms with E-state index in [1.54, 1.807) is 18.2 Å². The lowest BCUT2D eigenvalue weighted by Crippen LogP contribution is -2.53. The van der Waals surface area contributed by atoms with Gasteiger partial charge in [-0.1, -0.05) is 84.8 Å². The number of ether oxygens (including phenoxy) is 1. The van der Waals surface area contributed by atoms with Crippen LogP contribution in [0.15, 0.2) is 102 Å². The van der Waals surface area contributed by atoms with Gasteiger partial charge in [-0.15, -0.1) is 0 Å². The Morgan fingerprint density at radius 3 is 2.26 bits per heavy atom. The molecule has 4 aromatic rings. The number of anilines is 1. The Bertz CT molecular complexity index is 1750. The molecular formula is C35H37ClFN3O5S. The van der Waals surface area contributed by atoms with Crippen molar-refractivity contribution in [2.24, 2.45) is 0 Å². The molecule has 0 saturated heterocycles. The van der Waals surface area contributed by atoms with Gasteiger partial charge in [-0.3, -0.25) is 13.9 Å². The van der Waals surface area contributed by atoms with Gasteiger partial charge in [0, 0.05) is 25.1 Å². The molecule has 0 aliphatic rings. The minimum absolute atomic E-state index is 0.0416.